The summed E-state index contributed by atoms with van der Waals surface area (Å²) in [5, 5.41) is 7.33. The molecule has 0 radical (unpaired) electrons. The van der Waals surface area contributed by atoms with Crippen molar-refractivity contribution < 1.29 is 9.21 Å². The summed E-state index contributed by atoms with van der Waals surface area (Å²) >= 11 is 0. The highest BCUT2D eigenvalue weighted by molar-refractivity contribution is 5.96. The number of nitrogens with one attached hydrogen (secondary N) is 2. The van der Waals surface area contributed by atoms with Gasteiger partial charge in [-0.05, 0) is 25.3 Å². The van der Waals surface area contributed by atoms with Gasteiger partial charge < -0.3 is 15.1 Å². The quantitative estimate of drug-likeness (QED) is 0.817. The zero-order valence-electron chi connectivity index (χ0n) is 11.4. The van der Waals surface area contributed by atoms with Crippen molar-refractivity contribution in [3.63, 3.8) is 0 Å². The number of terminal acetylenes is 1. The molecule has 0 aliphatic carbocycles. The molecule has 4 rings (SSSR count). The van der Waals surface area contributed by atoms with Crippen LogP contribution in [0.2, 0.25) is 0 Å². The predicted octanol–water partition coefficient (Wildman–Crippen LogP) is 1.43. The van der Waals surface area contributed by atoms with E-state index in [1.807, 2.05) is 0 Å². The molecule has 2 bridgehead atoms. The maximum atomic E-state index is 12.4. The molecule has 21 heavy (non-hydrogen) atoms. The lowest BCUT2D eigenvalue weighted by atomic mass is 9.95. The topological polar surface area (TPSA) is 67.2 Å². The Balaban J connectivity index is 1.58. The fourth-order valence-electron chi connectivity index (χ4n) is 3.40. The number of hydrogen-bond acceptors (Lipinski definition) is 4. The van der Waals surface area contributed by atoms with Crippen LogP contribution in [-0.2, 0) is 0 Å². The van der Waals surface area contributed by atoms with Crippen LogP contribution in [0.3, 0.4) is 0 Å². The Bertz CT molecular complexity index is 758. The third-order valence-electron chi connectivity index (χ3n) is 4.47. The molecule has 1 amide bonds. The number of nitrogens with zero attached hydrogens (tertiary/aromatic N) is 1. The lowest BCUT2D eigenvalue weighted by molar-refractivity contribution is 0.0926. The van der Waals surface area contributed by atoms with E-state index in [2.05, 4.69) is 21.5 Å². The maximum Gasteiger partial charge on any atom is 0.270 e. The summed E-state index contributed by atoms with van der Waals surface area (Å²) in [7, 11) is 0. The van der Waals surface area contributed by atoms with Crippen molar-refractivity contribution in [2.45, 2.75) is 37.4 Å². The number of rotatable bonds is 2. The first-order valence-corrected chi connectivity index (χ1v) is 7.15. The highest BCUT2D eigenvalue weighted by Crippen LogP contribution is 2.28. The molecule has 2 aliphatic heterocycles. The van der Waals surface area contributed by atoms with Crippen LogP contribution >= 0.6 is 0 Å². The van der Waals surface area contributed by atoms with Crippen molar-refractivity contribution >= 4 is 16.9 Å². The van der Waals surface area contributed by atoms with Gasteiger partial charge in [-0.3, -0.25) is 4.79 Å². The van der Waals surface area contributed by atoms with E-state index in [-0.39, 0.29) is 11.9 Å². The van der Waals surface area contributed by atoms with Crippen LogP contribution in [0.5, 0.6) is 0 Å². The largest absolute Gasteiger partial charge is 0.461 e. The van der Waals surface area contributed by atoms with Gasteiger partial charge in [-0.25, -0.2) is 4.98 Å². The summed E-state index contributed by atoms with van der Waals surface area (Å²) in [6.45, 7) is 0. The van der Waals surface area contributed by atoms with Crippen LogP contribution in [0.25, 0.3) is 11.0 Å². The SMILES string of the molecule is C#Cc1coc2cnc(C(=O)N[C@@H]3C[C@H]4CC[C@@H]3N4)cc12. The van der Waals surface area contributed by atoms with Crippen LogP contribution in [0, 0.1) is 12.3 Å². The minimum atomic E-state index is -0.152. The van der Waals surface area contributed by atoms with E-state index in [0.717, 1.165) is 18.2 Å². The Morgan fingerprint density at radius 2 is 2.43 bits per heavy atom. The highest BCUT2D eigenvalue weighted by Gasteiger charge is 2.39. The van der Waals surface area contributed by atoms with Gasteiger partial charge in [-0.15, -0.1) is 6.42 Å². The molecular formula is C16H15N3O2. The van der Waals surface area contributed by atoms with Crippen molar-refractivity contribution in [3.05, 3.63) is 29.8 Å². The Hall–Kier alpha value is -2.32. The van der Waals surface area contributed by atoms with E-state index in [1.165, 1.54) is 12.7 Å². The molecule has 2 aliphatic rings. The molecule has 5 nitrogen and oxygen atoms in total. The number of hydrogen-bond donors (Lipinski definition) is 2. The molecule has 2 fully saturated rings. The smallest absolute Gasteiger partial charge is 0.270 e. The minimum absolute atomic E-state index is 0.152. The third-order valence-corrected chi connectivity index (χ3v) is 4.47. The van der Waals surface area contributed by atoms with Gasteiger partial charge in [0.2, 0.25) is 0 Å². The van der Waals surface area contributed by atoms with Crippen molar-refractivity contribution in [3.8, 4) is 12.3 Å². The van der Waals surface area contributed by atoms with Gasteiger partial charge in [0.15, 0.2) is 5.58 Å². The molecule has 3 atom stereocenters. The lowest BCUT2D eigenvalue weighted by Gasteiger charge is -2.21. The monoisotopic (exact) mass is 281 g/mol. The molecule has 0 spiro atoms. The van der Waals surface area contributed by atoms with Gasteiger partial charge in [-0.2, -0.15) is 0 Å². The normalized spacial score (nSPS) is 26.9. The number of carbonyl (C=O) groups excluding carboxylic acids is 1. The van der Waals surface area contributed by atoms with Gasteiger partial charge in [-0.1, -0.05) is 5.92 Å². The number of aromatic nitrogens is 1. The van der Waals surface area contributed by atoms with E-state index in [1.54, 1.807) is 12.3 Å². The second kappa shape index (κ2) is 4.61. The van der Waals surface area contributed by atoms with Crippen molar-refractivity contribution in [2.24, 2.45) is 0 Å². The molecular weight excluding hydrogens is 266 g/mol. The van der Waals surface area contributed by atoms with Crippen LogP contribution in [-0.4, -0.2) is 29.0 Å². The average Bonchev–Trinajstić information content (AvgIpc) is 3.21. The van der Waals surface area contributed by atoms with Crippen LogP contribution in [0.15, 0.2) is 22.9 Å². The Labute approximate surface area is 122 Å². The molecule has 2 aromatic heterocycles. The molecule has 5 heteroatoms. The maximum absolute atomic E-state index is 12.4. The van der Waals surface area contributed by atoms with E-state index in [9.17, 15) is 4.79 Å². The molecule has 2 aromatic rings. The number of carbonyl (C=O) groups is 1. The number of furan rings is 1. The summed E-state index contributed by atoms with van der Waals surface area (Å²) < 4.78 is 5.30. The predicted molar refractivity (Wildman–Crippen MR) is 77.8 cm³/mol. The molecule has 0 saturated carbocycles. The van der Waals surface area contributed by atoms with E-state index >= 15 is 0 Å². The Morgan fingerprint density at radius 3 is 3.14 bits per heavy atom. The fraction of sp³-hybridized carbons (Fsp3) is 0.375. The summed E-state index contributed by atoms with van der Waals surface area (Å²) in [6, 6.07) is 2.85. The van der Waals surface area contributed by atoms with Gasteiger partial charge in [0, 0.05) is 23.5 Å². The van der Waals surface area contributed by atoms with E-state index in [4.69, 9.17) is 10.8 Å². The molecule has 2 saturated heterocycles. The van der Waals surface area contributed by atoms with Gasteiger partial charge in [0.1, 0.15) is 12.0 Å². The van der Waals surface area contributed by atoms with Crippen LogP contribution < -0.4 is 10.6 Å². The van der Waals surface area contributed by atoms with Crippen molar-refractivity contribution in [1.82, 2.24) is 15.6 Å². The zero-order chi connectivity index (χ0) is 14.4. The molecule has 0 unspecified atom stereocenters. The molecule has 0 aromatic carbocycles. The van der Waals surface area contributed by atoms with E-state index < -0.39 is 0 Å². The first kappa shape index (κ1) is 12.4. The van der Waals surface area contributed by atoms with Crippen LogP contribution in [0.4, 0.5) is 0 Å². The third kappa shape index (κ3) is 1.99. The van der Waals surface area contributed by atoms with Gasteiger partial charge in [0.25, 0.3) is 5.91 Å². The number of amides is 1. The average molecular weight is 281 g/mol. The first-order valence-electron chi connectivity index (χ1n) is 7.15. The van der Waals surface area contributed by atoms with Gasteiger partial charge >= 0.3 is 0 Å². The standard InChI is InChI=1S/C16H15N3O2/c1-2-9-8-21-15-7-17-14(6-11(9)15)16(20)19-13-5-10-3-4-12(13)18-10/h1,6-8,10,12-13,18H,3-5H2,(H,19,20)/t10-,12+,13-/m1/s1. The van der Waals surface area contributed by atoms with Crippen molar-refractivity contribution in [1.29, 1.82) is 0 Å². The van der Waals surface area contributed by atoms with E-state index in [0.29, 0.717) is 28.9 Å². The summed E-state index contributed by atoms with van der Waals surface area (Å²) in [4.78, 5) is 16.5. The summed E-state index contributed by atoms with van der Waals surface area (Å²) in [5.74, 6) is 2.40. The lowest BCUT2D eigenvalue weighted by Crippen LogP contribution is -2.43. The molecule has 106 valence electrons. The fourth-order valence-corrected chi connectivity index (χ4v) is 3.40. The highest BCUT2D eigenvalue weighted by atomic mass is 16.3. The van der Waals surface area contributed by atoms with Crippen molar-refractivity contribution in [2.75, 3.05) is 0 Å². The molecule has 2 N–H and O–H groups in total. The molecule has 4 heterocycles. The zero-order valence-corrected chi connectivity index (χ0v) is 11.4. The first-order chi connectivity index (χ1) is 10.2. The number of pyridine rings is 1. The Morgan fingerprint density at radius 1 is 1.52 bits per heavy atom. The summed E-state index contributed by atoms with van der Waals surface area (Å²) in [5.41, 5.74) is 1.62. The second-order valence-electron chi connectivity index (χ2n) is 5.72. The Kier molecular flexibility index (Phi) is 2.72. The minimum Gasteiger partial charge on any atom is -0.461 e. The second-order valence-corrected chi connectivity index (χ2v) is 5.72. The number of fused-ring (bicyclic) bond motifs is 3. The summed E-state index contributed by atoms with van der Waals surface area (Å²) in [6.07, 6.45) is 11.8. The van der Waals surface area contributed by atoms with Crippen LogP contribution in [0.1, 0.15) is 35.3 Å². The van der Waals surface area contributed by atoms with Gasteiger partial charge in [0.05, 0.1) is 11.8 Å².